The number of aliphatic imine (C=N–C) groups is 1. The third-order valence-corrected chi connectivity index (χ3v) is 4.68. The summed E-state index contributed by atoms with van der Waals surface area (Å²) in [6.07, 6.45) is 0.00240. The number of hydrogen-bond acceptors (Lipinski definition) is 5. The fourth-order valence-electron chi connectivity index (χ4n) is 3.41. The van der Waals surface area contributed by atoms with Crippen LogP contribution in [0.5, 0.6) is 0 Å². The van der Waals surface area contributed by atoms with E-state index in [9.17, 15) is 9.59 Å². The Morgan fingerprint density at radius 3 is 2.65 bits per heavy atom. The number of anilines is 3. The van der Waals surface area contributed by atoms with Crippen molar-refractivity contribution in [1.29, 1.82) is 0 Å². The van der Waals surface area contributed by atoms with Crippen LogP contribution in [0.1, 0.15) is 17.5 Å². The van der Waals surface area contributed by atoms with Crippen molar-refractivity contribution in [1.82, 2.24) is 0 Å². The maximum Gasteiger partial charge on any atom is 0.251 e. The molecule has 0 aliphatic carbocycles. The maximum absolute atomic E-state index is 13.0. The molecule has 0 radical (unpaired) electrons. The molecule has 26 heavy (non-hydrogen) atoms. The SMILES string of the molecule is Cc1ccc(NC(=O)[C@@H]2CC(=O)N=C3N(N)c4ccccc4N32)c(C)c1. The van der Waals surface area contributed by atoms with Crippen molar-refractivity contribution in [2.75, 3.05) is 15.2 Å². The van der Waals surface area contributed by atoms with Crippen molar-refractivity contribution in [2.24, 2.45) is 10.8 Å². The highest BCUT2D eigenvalue weighted by Gasteiger charge is 2.43. The number of rotatable bonds is 2. The molecule has 4 rings (SSSR count). The molecular formula is C19H19N5O2. The molecule has 0 spiro atoms. The van der Waals surface area contributed by atoms with E-state index in [4.69, 9.17) is 5.84 Å². The van der Waals surface area contributed by atoms with Gasteiger partial charge in [-0.1, -0.05) is 29.8 Å². The number of hydrazine groups is 1. The molecule has 0 bridgehead atoms. The van der Waals surface area contributed by atoms with Crippen LogP contribution in [0, 0.1) is 13.8 Å². The highest BCUT2D eigenvalue weighted by atomic mass is 16.2. The van der Waals surface area contributed by atoms with E-state index < -0.39 is 6.04 Å². The molecule has 0 saturated heterocycles. The van der Waals surface area contributed by atoms with E-state index >= 15 is 0 Å². The summed E-state index contributed by atoms with van der Waals surface area (Å²) in [6.45, 7) is 3.94. The minimum atomic E-state index is -0.703. The highest BCUT2D eigenvalue weighted by Crippen LogP contribution is 2.38. The van der Waals surface area contributed by atoms with E-state index in [1.54, 1.807) is 4.90 Å². The summed E-state index contributed by atoms with van der Waals surface area (Å²) in [7, 11) is 0. The second-order valence-corrected chi connectivity index (χ2v) is 6.56. The molecule has 3 N–H and O–H groups in total. The fraction of sp³-hybridized carbons (Fsp3) is 0.211. The Labute approximate surface area is 151 Å². The summed E-state index contributed by atoms with van der Waals surface area (Å²) in [5.74, 6) is 5.75. The van der Waals surface area contributed by atoms with Crippen LogP contribution in [0.2, 0.25) is 0 Å². The summed E-state index contributed by atoms with van der Waals surface area (Å²) < 4.78 is 0. The molecule has 0 fully saturated rings. The second kappa shape index (κ2) is 5.96. The number of carbonyl (C=O) groups excluding carboxylic acids is 2. The minimum absolute atomic E-state index is 0.00240. The molecule has 2 aromatic carbocycles. The smallest absolute Gasteiger partial charge is 0.251 e. The zero-order valence-electron chi connectivity index (χ0n) is 14.6. The predicted octanol–water partition coefficient (Wildman–Crippen LogP) is 2.10. The first-order valence-electron chi connectivity index (χ1n) is 8.38. The fourth-order valence-corrected chi connectivity index (χ4v) is 3.41. The van der Waals surface area contributed by atoms with Gasteiger partial charge in [0, 0.05) is 5.69 Å². The van der Waals surface area contributed by atoms with Gasteiger partial charge in [-0.3, -0.25) is 14.5 Å². The summed E-state index contributed by atoms with van der Waals surface area (Å²) in [4.78, 5) is 30.9. The normalized spacial score (nSPS) is 18.3. The number of hydrogen-bond donors (Lipinski definition) is 2. The summed E-state index contributed by atoms with van der Waals surface area (Å²) in [6, 6.07) is 12.5. The minimum Gasteiger partial charge on any atom is -0.324 e. The maximum atomic E-state index is 13.0. The van der Waals surface area contributed by atoms with Gasteiger partial charge in [-0.05, 0) is 37.6 Å². The monoisotopic (exact) mass is 349 g/mol. The van der Waals surface area contributed by atoms with E-state index in [2.05, 4.69) is 10.3 Å². The Hall–Kier alpha value is -3.19. The zero-order chi connectivity index (χ0) is 18.4. The standard InChI is InChI=1S/C19H19N5O2/c1-11-7-8-13(12(2)9-11)21-18(26)16-10-17(25)22-19-23(16)14-5-3-4-6-15(14)24(19)20/h3-9,16H,10,20H2,1-2H3,(H,21,26)/t16-/m0/s1. The Balaban J connectivity index is 1.69. The van der Waals surface area contributed by atoms with Crippen LogP contribution in [0.3, 0.4) is 0 Å². The average molecular weight is 349 g/mol. The van der Waals surface area contributed by atoms with Gasteiger partial charge in [0.1, 0.15) is 6.04 Å². The molecule has 2 aliphatic rings. The van der Waals surface area contributed by atoms with E-state index in [0.29, 0.717) is 5.69 Å². The lowest BCUT2D eigenvalue weighted by atomic mass is 10.1. The van der Waals surface area contributed by atoms with Gasteiger partial charge >= 0.3 is 0 Å². The molecule has 2 aromatic rings. The van der Waals surface area contributed by atoms with Gasteiger partial charge in [0.2, 0.25) is 11.9 Å². The van der Waals surface area contributed by atoms with Crippen LogP contribution in [-0.4, -0.2) is 23.8 Å². The van der Waals surface area contributed by atoms with Crippen LogP contribution in [0.25, 0.3) is 0 Å². The number of amides is 2. The highest BCUT2D eigenvalue weighted by molar-refractivity contribution is 6.23. The Morgan fingerprint density at radius 1 is 1.19 bits per heavy atom. The lowest BCUT2D eigenvalue weighted by Crippen LogP contribution is -2.55. The lowest BCUT2D eigenvalue weighted by Gasteiger charge is -2.31. The number of guanidine groups is 1. The van der Waals surface area contributed by atoms with Gasteiger partial charge in [-0.2, -0.15) is 4.99 Å². The molecule has 0 aromatic heterocycles. The van der Waals surface area contributed by atoms with Crippen molar-refractivity contribution >= 4 is 34.8 Å². The molecule has 1 atom stereocenters. The molecule has 7 nitrogen and oxygen atoms in total. The van der Waals surface area contributed by atoms with E-state index in [-0.39, 0.29) is 24.2 Å². The third-order valence-electron chi connectivity index (χ3n) is 4.68. The number of nitrogens with two attached hydrogens (primary N) is 1. The van der Waals surface area contributed by atoms with Crippen molar-refractivity contribution in [3.8, 4) is 0 Å². The van der Waals surface area contributed by atoms with Gasteiger partial charge in [0.15, 0.2) is 0 Å². The van der Waals surface area contributed by atoms with Gasteiger partial charge in [0.25, 0.3) is 5.91 Å². The molecule has 0 unspecified atom stereocenters. The van der Waals surface area contributed by atoms with Crippen molar-refractivity contribution in [3.05, 3.63) is 53.6 Å². The first-order chi connectivity index (χ1) is 12.5. The van der Waals surface area contributed by atoms with Gasteiger partial charge in [-0.15, -0.1) is 0 Å². The number of para-hydroxylation sites is 2. The van der Waals surface area contributed by atoms with Crippen LogP contribution in [-0.2, 0) is 9.59 Å². The van der Waals surface area contributed by atoms with Gasteiger partial charge in [0.05, 0.1) is 17.8 Å². The summed E-state index contributed by atoms with van der Waals surface area (Å²) >= 11 is 0. The molecule has 0 saturated carbocycles. The summed E-state index contributed by atoms with van der Waals surface area (Å²) in [5, 5.41) is 4.29. The summed E-state index contributed by atoms with van der Waals surface area (Å²) in [5.41, 5.74) is 4.30. The Morgan fingerprint density at radius 2 is 1.92 bits per heavy atom. The molecule has 2 heterocycles. The van der Waals surface area contributed by atoms with Crippen LogP contribution >= 0.6 is 0 Å². The molecular weight excluding hydrogens is 330 g/mol. The number of nitrogens with one attached hydrogen (secondary N) is 1. The van der Waals surface area contributed by atoms with E-state index in [1.165, 1.54) is 5.01 Å². The first-order valence-corrected chi connectivity index (χ1v) is 8.38. The zero-order valence-corrected chi connectivity index (χ0v) is 14.6. The average Bonchev–Trinajstić information content (AvgIpc) is 2.89. The van der Waals surface area contributed by atoms with Crippen LogP contribution in [0.15, 0.2) is 47.5 Å². The number of aryl methyl sites for hydroxylation is 2. The van der Waals surface area contributed by atoms with Crippen LogP contribution < -0.4 is 21.1 Å². The number of nitrogens with zero attached hydrogens (tertiary/aromatic N) is 3. The molecule has 2 amide bonds. The Bertz CT molecular complexity index is 953. The molecule has 7 heteroatoms. The topological polar surface area (TPSA) is 91.0 Å². The number of carbonyl (C=O) groups is 2. The van der Waals surface area contributed by atoms with Gasteiger partial charge in [-0.25, -0.2) is 10.9 Å². The first kappa shape index (κ1) is 16.3. The number of benzene rings is 2. The van der Waals surface area contributed by atoms with E-state index in [1.807, 2.05) is 56.3 Å². The van der Waals surface area contributed by atoms with Gasteiger partial charge < -0.3 is 5.32 Å². The Kier molecular flexibility index (Phi) is 3.73. The largest absolute Gasteiger partial charge is 0.324 e. The third kappa shape index (κ3) is 2.53. The molecule has 132 valence electrons. The van der Waals surface area contributed by atoms with Crippen molar-refractivity contribution < 1.29 is 9.59 Å². The lowest BCUT2D eigenvalue weighted by molar-refractivity contribution is -0.123. The van der Waals surface area contributed by atoms with E-state index in [0.717, 1.165) is 22.5 Å². The molecule has 2 aliphatic heterocycles. The number of fused-ring (bicyclic) bond motifs is 3. The van der Waals surface area contributed by atoms with Crippen molar-refractivity contribution in [3.63, 3.8) is 0 Å². The second-order valence-electron chi connectivity index (χ2n) is 6.56. The quantitative estimate of drug-likeness (QED) is 0.810. The van der Waals surface area contributed by atoms with Crippen molar-refractivity contribution in [2.45, 2.75) is 26.3 Å². The predicted molar refractivity (Wildman–Crippen MR) is 101 cm³/mol. The van der Waals surface area contributed by atoms with Crippen LogP contribution in [0.4, 0.5) is 17.1 Å².